The summed E-state index contributed by atoms with van der Waals surface area (Å²) in [5.74, 6) is 0. The molecule has 1 aromatic heterocycles. The van der Waals surface area contributed by atoms with Crippen LogP contribution in [0.4, 0.5) is 0 Å². The van der Waals surface area contributed by atoms with Crippen molar-refractivity contribution in [3.05, 3.63) is 30.1 Å². The molecule has 0 aliphatic carbocycles. The number of hydrogen-bond acceptors (Lipinski definition) is 3. The topological polar surface area (TPSA) is 62.3 Å². The summed E-state index contributed by atoms with van der Waals surface area (Å²) in [7, 11) is -1.83. The minimum absolute atomic E-state index is 0.101. The molecule has 2 rings (SSSR count). The molecule has 1 aliphatic rings. The maximum atomic E-state index is 11.8. The van der Waals surface area contributed by atoms with Gasteiger partial charge in [-0.1, -0.05) is 6.07 Å². The van der Waals surface area contributed by atoms with Gasteiger partial charge in [-0.25, -0.2) is 4.72 Å². The third-order valence-electron chi connectivity index (χ3n) is 3.35. The zero-order valence-electron chi connectivity index (χ0n) is 10.5. The second kappa shape index (κ2) is 5.77. The van der Waals surface area contributed by atoms with Crippen LogP contribution in [0.25, 0.3) is 0 Å². The van der Waals surface area contributed by atoms with E-state index in [2.05, 4.69) is 9.71 Å². The Bertz CT molecular complexity index is 475. The molecule has 1 aromatic rings. The maximum Gasteiger partial charge on any atom is 0.279 e. The van der Waals surface area contributed by atoms with E-state index in [0.29, 0.717) is 6.54 Å². The number of pyridine rings is 1. The van der Waals surface area contributed by atoms with Gasteiger partial charge in [0.05, 0.1) is 0 Å². The molecule has 0 unspecified atom stereocenters. The van der Waals surface area contributed by atoms with Gasteiger partial charge in [0, 0.05) is 31.5 Å². The first-order valence-corrected chi connectivity index (χ1v) is 7.68. The smallest absolute Gasteiger partial charge is 0.261 e. The molecule has 18 heavy (non-hydrogen) atoms. The van der Waals surface area contributed by atoms with Gasteiger partial charge in [0.1, 0.15) is 0 Å². The number of hydrogen-bond donors (Lipinski definition) is 1. The monoisotopic (exact) mass is 269 g/mol. The summed E-state index contributed by atoms with van der Waals surface area (Å²) in [6, 6.07) is 5.92. The summed E-state index contributed by atoms with van der Waals surface area (Å²) in [6.07, 6.45) is 5.30. The molecular weight excluding hydrogens is 250 g/mol. The fourth-order valence-electron chi connectivity index (χ4n) is 2.39. The number of rotatable bonds is 5. The number of nitrogens with one attached hydrogen (secondary N) is 1. The molecule has 1 fully saturated rings. The summed E-state index contributed by atoms with van der Waals surface area (Å²) in [6.45, 7) is 0.621. The first-order valence-electron chi connectivity index (χ1n) is 6.23. The summed E-state index contributed by atoms with van der Waals surface area (Å²) in [5, 5.41) is 0. The molecule has 100 valence electrons. The highest BCUT2D eigenvalue weighted by molar-refractivity contribution is 7.87. The third kappa shape index (κ3) is 3.07. The van der Waals surface area contributed by atoms with Crippen molar-refractivity contribution >= 4 is 10.2 Å². The molecule has 0 aromatic carbocycles. The third-order valence-corrected chi connectivity index (χ3v) is 4.96. The van der Waals surface area contributed by atoms with Gasteiger partial charge in [-0.2, -0.15) is 12.7 Å². The Labute approximate surface area is 108 Å². The van der Waals surface area contributed by atoms with Crippen molar-refractivity contribution in [3.8, 4) is 0 Å². The van der Waals surface area contributed by atoms with Crippen LogP contribution in [0.3, 0.4) is 0 Å². The molecule has 0 spiro atoms. The molecular formula is C12H19N3O2S. The molecule has 0 radical (unpaired) electrons. The van der Waals surface area contributed by atoms with E-state index in [-0.39, 0.29) is 6.04 Å². The highest BCUT2D eigenvalue weighted by atomic mass is 32.2. The summed E-state index contributed by atoms with van der Waals surface area (Å²) in [5.41, 5.74) is 1.02. The Kier molecular flexibility index (Phi) is 4.31. The molecule has 5 nitrogen and oxygen atoms in total. The lowest BCUT2D eigenvalue weighted by Crippen LogP contribution is -2.42. The largest absolute Gasteiger partial charge is 0.279 e. The van der Waals surface area contributed by atoms with Crippen molar-refractivity contribution in [1.29, 1.82) is 0 Å². The van der Waals surface area contributed by atoms with Gasteiger partial charge in [0.25, 0.3) is 10.2 Å². The van der Waals surface area contributed by atoms with Crippen LogP contribution in [0.2, 0.25) is 0 Å². The van der Waals surface area contributed by atoms with Gasteiger partial charge < -0.3 is 0 Å². The van der Waals surface area contributed by atoms with Crippen LogP contribution in [-0.2, 0) is 16.6 Å². The van der Waals surface area contributed by atoms with Gasteiger partial charge in [-0.3, -0.25) is 4.98 Å². The van der Waals surface area contributed by atoms with E-state index in [0.717, 1.165) is 31.4 Å². The fourth-order valence-corrected chi connectivity index (χ4v) is 3.60. The van der Waals surface area contributed by atoms with Crippen molar-refractivity contribution in [2.24, 2.45) is 0 Å². The van der Waals surface area contributed by atoms with E-state index in [1.165, 1.54) is 7.05 Å². The summed E-state index contributed by atoms with van der Waals surface area (Å²) in [4.78, 5) is 4.26. The second-order valence-corrected chi connectivity index (χ2v) is 6.30. The van der Waals surface area contributed by atoms with E-state index >= 15 is 0 Å². The highest BCUT2D eigenvalue weighted by Gasteiger charge is 2.32. The average molecular weight is 269 g/mol. The Morgan fingerprint density at radius 1 is 1.50 bits per heavy atom. The average Bonchev–Trinajstić information content (AvgIpc) is 2.87. The predicted octanol–water partition coefficient (Wildman–Crippen LogP) is 0.943. The van der Waals surface area contributed by atoms with E-state index in [4.69, 9.17) is 0 Å². The van der Waals surface area contributed by atoms with Crippen molar-refractivity contribution < 1.29 is 8.42 Å². The van der Waals surface area contributed by atoms with E-state index < -0.39 is 10.2 Å². The van der Waals surface area contributed by atoms with Crippen LogP contribution in [0.5, 0.6) is 0 Å². The van der Waals surface area contributed by atoms with Gasteiger partial charge in [-0.05, 0) is 37.8 Å². The minimum atomic E-state index is -3.29. The van der Waals surface area contributed by atoms with E-state index in [9.17, 15) is 8.42 Å². The maximum absolute atomic E-state index is 11.8. The van der Waals surface area contributed by atoms with Gasteiger partial charge in [-0.15, -0.1) is 0 Å². The van der Waals surface area contributed by atoms with Crippen LogP contribution in [0.15, 0.2) is 24.4 Å². The molecule has 1 N–H and O–H groups in total. The van der Waals surface area contributed by atoms with Gasteiger partial charge >= 0.3 is 0 Å². The molecule has 1 atom stereocenters. The van der Waals surface area contributed by atoms with Crippen molar-refractivity contribution in [1.82, 2.24) is 14.0 Å². The van der Waals surface area contributed by atoms with Gasteiger partial charge in [0.15, 0.2) is 0 Å². The lowest BCUT2D eigenvalue weighted by atomic mass is 10.1. The molecule has 0 amide bonds. The lowest BCUT2D eigenvalue weighted by Gasteiger charge is -2.23. The molecule has 0 saturated carbocycles. The summed E-state index contributed by atoms with van der Waals surface area (Å²) < 4.78 is 27.6. The molecule has 1 saturated heterocycles. The Balaban J connectivity index is 1.97. The molecule has 6 heteroatoms. The van der Waals surface area contributed by atoms with Crippen LogP contribution in [0.1, 0.15) is 25.0 Å². The van der Waals surface area contributed by atoms with Crippen LogP contribution < -0.4 is 4.72 Å². The van der Waals surface area contributed by atoms with Gasteiger partial charge in [0.2, 0.25) is 0 Å². The zero-order chi connectivity index (χ0) is 13.0. The van der Waals surface area contributed by atoms with Crippen LogP contribution in [0, 0.1) is 0 Å². The van der Waals surface area contributed by atoms with Crippen molar-refractivity contribution in [3.63, 3.8) is 0 Å². The predicted molar refractivity (Wildman–Crippen MR) is 70.3 cm³/mol. The second-order valence-electron chi connectivity index (χ2n) is 4.48. The first kappa shape index (κ1) is 13.5. The van der Waals surface area contributed by atoms with E-state index in [1.54, 1.807) is 10.5 Å². The quantitative estimate of drug-likeness (QED) is 0.865. The van der Waals surface area contributed by atoms with E-state index in [1.807, 2.05) is 18.2 Å². The first-order chi connectivity index (χ1) is 8.63. The zero-order valence-corrected chi connectivity index (χ0v) is 11.4. The standard InChI is InChI=1S/C12H19N3O2S/c1-13-18(16,17)15-10-4-6-12(15)8-7-11-5-2-3-9-14-11/h2-3,5,9,12-13H,4,6-8,10H2,1H3/t12-/m1/s1. The van der Waals surface area contributed by atoms with Crippen LogP contribution >= 0.6 is 0 Å². The normalized spacial score (nSPS) is 21.3. The minimum Gasteiger partial charge on any atom is -0.261 e. The summed E-state index contributed by atoms with van der Waals surface area (Å²) >= 11 is 0. The van der Waals surface area contributed by atoms with Crippen molar-refractivity contribution in [2.45, 2.75) is 31.7 Å². The number of aromatic nitrogens is 1. The van der Waals surface area contributed by atoms with Crippen molar-refractivity contribution in [2.75, 3.05) is 13.6 Å². The Morgan fingerprint density at radius 2 is 2.33 bits per heavy atom. The number of aryl methyl sites for hydroxylation is 1. The number of nitrogens with zero attached hydrogens (tertiary/aromatic N) is 2. The molecule has 1 aliphatic heterocycles. The molecule has 2 heterocycles. The Hall–Kier alpha value is -0.980. The fraction of sp³-hybridized carbons (Fsp3) is 0.583. The van der Waals surface area contributed by atoms with Crippen LogP contribution in [-0.4, -0.2) is 37.3 Å². The molecule has 0 bridgehead atoms. The lowest BCUT2D eigenvalue weighted by molar-refractivity contribution is 0.365. The SMILES string of the molecule is CNS(=O)(=O)N1CCC[C@@H]1CCc1ccccn1. The Morgan fingerprint density at radius 3 is 3.00 bits per heavy atom. The highest BCUT2D eigenvalue weighted by Crippen LogP contribution is 2.23.